The van der Waals surface area contributed by atoms with Crippen molar-refractivity contribution in [1.82, 2.24) is 19.7 Å². The molecule has 0 saturated heterocycles. The number of nitrogens with one attached hydrogen (secondary N) is 1. The average Bonchev–Trinajstić information content (AvgIpc) is 3.36. The number of anilines is 2. The monoisotopic (exact) mass is 378 g/mol. The lowest BCUT2D eigenvalue weighted by atomic mass is 10.1. The summed E-state index contributed by atoms with van der Waals surface area (Å²) in [6.07, 6.45) is 8.30. The minimum Gasteiger partial charge on any atom is -0.460 e. The van der Waals surface area contributed by atoms with Crippen molar-refractivity contribution in [3.8, 4) is 11.1 Å². The van der Waals surface area contributed by atoms with Gasteiger partial charge >= 0.3 is 0 Å². The molecule has 28 heavy (non-hydrogen) atoms. The molecule has 1 amide bonds. The Morgan fingerprint density at radius 2 is 2.18 bits per heavy atom. The molecule has 0 aliphatic heterocycles. The van der Waals surface area contributed by atoms with E-state index in [1.54, 1.807) is 48.6 Å². The molecule has 9 heteroatoms. The molecular weight excluding hydrogens is 360 g/mol. The molecular formula is C19H18N6O3. The van der Waals surface area contributed by atoms with Gasteiger partial charge in [0.15, 0.2) is 5.58 Å². The summed E-state index contributed by atoms with van der Waals surface area (Å²) < 4.78 is 12.2. The molecule has 0 fully saturated rings. The number of hydrogen-bond acceptors (Lipinski definition) is 7. The number of ether oxygens (including phenoxy) is 1. The van der Waals surface area contributed by atoms with E-state index in [-0.39, 0.29) is 17.3 Å². The predicted molar refractivity (Wildman–Crippen MR) is 104 cm³/mol. The molecule has 142 valence electrons. The molecule has 0 unspecified atom stereocenters. The van der Waals surface area contributed by atoms with E-state index in [9.17, 15) is 4.79 Å². The van der Waals surface area contributed by atoms with Crippen molar-refractivity contribution in [2.24, 2.45) is 0 Å². The smallest absolute Gasteiger partial charge is 0.259 e. The molecule has 0 atom stereocenters. The number of nitrogens with zero attached hydrogens (tertiary/aromatic N) is 4. The molecule has 9 nitrogen and oxygen atoms in total. The van der Waals surface area contributed by atoms with E-state index in [0.29, 0.717) is 29.9 Å². The second-order valence-corrected chi connectivity index (χ2v) is 6.09. The quantitative estimate of drug-likeness (QED) is 0.529. The molecule has 0 radical (unpaired) electrons. The summed E-state index contributed by atoms with van der Waals surface area (Å²) >= 11 is 0. The van der Waals surface area contributed by atoms with Crippen LogP contribution in [0.4, 0.5) is 11.5 Å². The van der Waals surface area contributed by atoms with Gasteiger partial charge in [0, 0.05) is 42.9 Å². The molecule has 0 spiro atoms. The highest BCUT2D eigenvalue weighted by Crippen LogP contribution is 2.25. The molecule has 4 aromatic heterocycles. The van der Waals surface area contributed by atoms with E-state index >= 15 is 0 Å². The van der Waals surface area contributed by atoms with E-state index in [4.69, 9.17) is 14.9 Å². The van der Waals surface area contributed by atoms with Crippen molar-refractivity contribution in [1.29, 1.82) is 0 Å². The number of nitrogen functional groups attached to an aromatic ring is 1. The fraction of sp³-hybridized carbons (Fsp3) is 0.158. The summed E-state index contributed by atoms with van der Waals surface area (Å²) in [5, 5.41) is 7.09. The molecule has 0 aliphatic carbocycles. The Labute approximate surface area is 160 Å². The molecule has 4 heterocycles. The van der Waals surface area contributed by atoms with Crippen LogP contribution in [0.15, 0.2) is 53.7 Å². The molecule has 4 aromatic rings. The van der Waals surface area contributed by atoms with E-state index in [1.807, 2.05) is 6.20 Å². The van der Waals surface area contributed by atoms with Crippen LogP contribution < -0.4 is 11.1 Å². The number of aromatic nitrogens is 4. The first kappa shape index (κ1) is 17.7. The van der Waals surface area contributed by atoms with Crippen molar-refractivity contribution in [3.63, 3.8) is 0 Å². The van der Waals surface area contributed by atoms with Crippen LogP contribution in [-0.2, 0) is 11.3 Å². The first-order chi connectivity index (χ1) is 13.7. The van der Waals surface area contributed by atoms with Crippen LogP contribution in [0.5, 0.6) is 0 Å². The standard InChI is InChI=1S/C19H18N6O3/c1-27-7-5-25-11-13(10-23-25)12-8-14(18(20)22-9-12)19(26)24-16-2-4-21-15-3-6-28-17(15)16/h2-4,6,8-11H,5,7H2,1H3,(H2,20,22)(H,21,24,26). The number of furan rings is 1. The largest absolute Gasteiger partial charge is 0.460 e. The summed E-state index contributed by atoms with van der Waals surface area (Å²) in [6.45, 7) is 1.19. The van der Waals surface area contributed by atoms with Gasteiger partial charge in [-0.2, -0.15) is 5.10 Å². The number of carbonyl (C=O) groups is 1. The lowest BCUT2D eigenvalue weighted by molar-refractivity contribution is 0.102. The summed E-state index contributed by atoms with van der Waals surface area (Å²) in [6, 6.07) is 5.08. The number of carbonyl (C=O) groups excluding carboxylic acids is 1. The van der Waals surface area contributed by atoms with Gasteiger partial charge in [-0.1, -0.05) is 0 Å². The van der Waals surface area contributed by atoms with Crippen LogP contribution in [0.2, 0.25) is 0 Å². The summed E-state index contributed by atoms with van der Waals surface area (Å²) in [5.74, 6) is -0.250. The lowest BCUT2D eigenvalue weighted by Crippen LogP contribution is -2.15. The Balaban J connectivity index is 1.61. The van der Waals surface area contributed by atoms with Gasteiger partial charge < -0.3 is 20.2 Å². The molecule has 0 aromatic carbocycles. The van der Waals surface area contributed by atoms with Gasteiger partial charge in [0.2, 0.25) is 0 Å². The Morgan fingerprint density at radius 3 is 3.04 bits per heavy atom. The zero-order valence-electron chi connectivity index (χ0n) is 15.1. The van der Waals surface area contributed by atoms with E-state index < -0.39 is 0 Å². The third-order valence-electron chi connectivity index (χ3n) is 4.25. The third kappa shape index (κ3) is 3.42. The van der Waals surface area contributed by atoms with Crippen molar-refractivity contribution >= 4 is 28.5 Å². The zero-order valence-corrected chi connectivity index (χ0v) is 15.1. The topological polar surface area (TPSA) is 121 Å². The lowest BCUT2D eigenvalue weighted by Gasteiger charge is -2.08. The Bertz CT molecular complexity index is 1130. The van der Waals surface area contributed by atoms with Crippen molar-refractivity contribution in [3.05, 3.63) is 54.8 Å². The van der Waals surface area contributed by atoms with Gasteiger partial charge in [0.05, 0.1) is 36.9 Å². The van der Waals surface area contributed by atoms with E-state index in [1.165, 1.54) is 6.26 Å². The first-order valence-corrected chi connectivity index (χ1v) is 8.56. The molecule has 0 saturated carbocycles. The highest BCUT2D eigenvalue weighted by atomic mass is 16.5. The molecule has 4 rings (SSSR count). The Hall–Kier alpha value is -3.72. The average molecular weight is 378 g/mol. The van der Waals surface area contributed by atoms with Crippen LogP contribution in [0.3, 0.4) is 0 Å². The fourth-order valence-corrected chi connectivity index (χ4v) is 2.80. The first-order valence-electron chi connectivity index (χ1n) is 8.56. The number of pyridine rings is 2. The number of fused-ring (bicyclic) bond motifs is 1. The number of amides is 1. The van der Waals surface area contributed by atoms with Crippen molar-refractivity contribution in [2.45, 2.75) is 6.54 Å². The SMILES string of the molecule is COCCn1cc(-c2cnc(N)c(C(=O)Nc3ccnc4ccoc34)c2)cn1. The zero-order chi connectivity index (χ0) is 19.5. The van der Waals surface area contributed by atoms with Crippen LogP contribution in [-0.4, -0.2) is 39.4 Å². The second kappa shape index (κ2) is 7.49. The molecule has 0 aliphatic rings. The Kier molecular flexibility index (Phi) is 4.73. The maximum atomic E-state index is 12.8. The molecule has 0 bridgehead atoms. The normalized spacial score (nSPS) is 11.0. The highest BCUT2D eigenvalue weighted by Gasteiger charge is 2.16. The highest BCUT2D eigenvalue weighted by molar-refractivity contribution is 6.10. The van der Waals surface area contributed by atoms with Crippen LogP contribution in [0.1, 0.15) is 10.4 Å². The minimum absolute atomic E-state index is 0.137. The van der Waals surface area contributed by atoms with Gasteiger partial charge in [-0.15, -0.1) is 0 Å². The van der Waals surface area contributed by atoms with Gasteiger partial charge in [-0.25, -0.2) is 4.98 Å². The summed E-state index contributed by atoms with van der Waals surface area (Å²) in [7, 11) is 1.64. The van der Waals surface area contributed by atoms with E-state index in [0.717, 1.165) is 11.1 Å². The maximum absolute atomic E-state index is 12.8. The van der Waals surface area contributed by atoms with Gasteiger partial charge in [0.1, 0.15) is 11.3 Å². The Morgan fingerprint density at radius 1 is 1.29 bits per heavy atom. The van der Waals surface area contributed by atoms with Crippen LogP contribution in [0.25, 0.3) is 22.2 Å². The summed E-state index contributed by atoms with van der Waals surface area (Å²) in [4.78, 5) is 21.1. The molecule has 3 N–H and O–H groups in total. The van der Waals surface area contributed by atoms with Crippen LogP contribution in [0, 0.1) is 0 Å². The minimum atomic E-state index is -0.387. The number of rotatable bonds is 6. The number of nitrogens with two attached hydrogens (primary N) is 1. The van der Waals surface area contributed by atoms with Crippen molar-refractivity contribution < 1.29 is 13.9 Å². The van der Waals surface area contributed by atoms with Gasteiger partial charge in [-0.3, -0.25) is 14.5 Å². The summed E-state index contributed by atoms with van der Waals surface area (Å²) in [5.41, 5.74) is 9.43. The third-order valence-corrected chi connectivity index (χ3v) is 4.25. The fourth-order valence-electron chi connectivity index (χ4n) is 2.80. The second-order valence-electron chi connectivity index (χ2n) is 6.09. The maximum Gasteiger partial charge on any atom is 0.259 e. The van der Waals surface area contributed by atoms with E-state index in [2.05, 4.69) is 20.4 Å². The van der Waals surface area contributed by atoms with Gasteiger partial charge in [0.25, 0.3) is 5.91 Å². The van der Waals surface area contributed by atoms with Gasteiger partial charge in [-0.05, 0) is 12.1 Å². The van der Waals surface area contributed by atoms with Crippen LogP contribution >= 0.6 is 0 Å². The predicted octanol–water partition coefficient (Wildman–Crippen LogP) is 2.57. The number of hydrogen-bond donors (Lipinski definition) is 2. The van der Waals surface area contributed by atoms with Crippen molar-refractivity contribution in [2.75, 3.05) is 24.8 Å². The number of methoxy groups -OCH3 is 1.